The molecule has 1 rings (SSSR count). The van der Waals surface area contributed by atoms with Gasteiger partial charge in [0, 0.05) is 34.9 Å². The summed E-state index contributed by atoms with van der Waals surface area (Å²) in [6.07, 6.45) is 0. The van der Waals surface area contributed by atoms with E-state index >= 15 is 0 Å². The highest BCUT2D eigenvalue weighted by molar-refractivity contribution is 5.44. The predicted molar refractivity (Wildman–Crippen MR) is 82.5 cm³/mol. The van der Waals surface area contributed by atoms with Crippen LogP contribution in [0.25, 0.3) is 0 Å². The van der Waals surface area contributed by atoms with Crippen LogP contribution in [0, 0.1) is 0 Å². The van der Waals surface area contributed by atoms with E-state index in [4.69, 9.17) is 15.3 Å². The number of nitrogens with two attached hydrogens (primary N) is 1. The first kappa shape index (κ1) is 17.3. The van der Waals surface area contributed by atoms with E-state index in [0.29, 0.717) is 37.6 Å². The minimum Gasteiger partial charge on any atom is -0.383 e. The number of methoxy groups -OCH3 is 2. The second-order valence-electron chi connectivity index (χ2n) is 4.79. The van der Waals surface area contributed by atoms with Crippen LogP contribution in [0.15, 0.2) is 0 Å². The van der Waals surface area contributed by atoms with Crippen LogP contribution in [0.1, 0.15) is 6.92 Å². The maximum atomic E-state index is 5.43. The van der Waals surface area contributed by atoms with Crippen LogP contribution in [0.4, 0.5) is 17.8 Å². The average Bonchev–Trinajstić information content (AvgIpc) is 2.47. The van der Waals surface area contributed by atoms with E-state index in [9.17, 15) is 0 Å². The van der Waals surface area contributed by atoms with Crippen LogP contribution >= 0.6 is 0 Å². The lowest BCUT2D eigenvalue weighted by Gasteiger charge is -2.29. The van der Waals surface area contributed by atoms with Gasteiger partial charge >= 0.3 is 0 Å². The van der Waals surface area contributed by atoms with E-state index in [0.717, 1.165) is 0 Å². The number of ether oxygens (including phenoxy) is 2. The molecule has 0 amide bonds. The highest BCUT2D eigenvalue weighted by Gasteiger charge is 2.19. The topological polar surface area (TPSA) is 102 Å². The van der Waals surface area contributed by atoms with Crippen LogP contribution in [0.5, 0.6) is 0 Å². The standard InChI is InChI=1S/C12H25N7O2/c1-9(8-21-5)19(6-7-20-4)12-15-10(17-13)14-11(16-12)18(2)3/h9H,6-8,13H2,1-5H3,(H,14,15,16,17). The molecule has 0 saturated heterocycles. The van der Waals surface area contributed by atoms with Crippen LogP contribution in [0.2, 0.25) is 0 Å². The highest BCUT2D eigenvalue weighted by Crippen LogP contribution is 2.17. The molecule has 1 atom stereocenters. The number of aromatic nitrogens is 3. The Bertz CT molecular complexity index is 430. The second-order valence-corrected chi connectivity index (χ2v) is 4.79. The summed E-state index contributed by atoms with van der Waals surface area (Å²) in [6.45, 7) is 3.79. The molecule has 0 saturated carbocycles. The fraction of sp³-hybridized carbons (Fsp3) is 0.750. The van der Waals surface area contributed by atoms with Crippen molar-refractivity contribution in [3.8, 4) is 0 Å². The van der Waals surface area contributed by atoms with Crippen molar-refractivity contribution in [2.24, 2.45) is 5.84 Å². The summed E-state index contributed by atoms with van der Waals surface area (Å²) in [4.78, 5) is 16.8. The van der Waals surface area contributed by atoms with Gasteiger partial charge in [-0.05, 0) is 6.92 Å². The first-order chi connectivity index (χ1) is 10.0. The van der Waals surface area contributed by atoms with Crippen molar-refractivity contribution in [3.05, 3.63) is 0 Å². The van der Waals surface area contributed by atoms with Crippen molar-refractivity contribution >= 4 is 17.8 Å². The molecule has 0 radical (unpaired) electrons. The number of rotatable bonds is 9. The summed E-state index contributed by atoms with van der Waals surface area (Å²) in [5, 5.41) is 0. The summed E-state index contributed by atoms with van der Waals surface area (Å²) in [5.41, 5.74) is 2.47. The molecule has 1 heterocycles. The number of nitrogen functional groups attached to an aromatic ring is 1. The summed E-state index contributed by atoms with van der Waals surface area (Å²) in [7, 11) is 7.04. The molecule has 3 N–H and O–H groups in total. The van der Waals surface area contributed by atoms with E-state index in [1.165, 1.54) is 0 Å². The molecule has 0 aliphatic rings. The zero-order valence-corrected chi connectivity index (χ0v) is 13.3. The molecule has 0 bridgehead atoms. The van der Waals surface area contributed by atoms with Gasteiger partial charge in [0.05, 0.1) is 19.3 Å². The quantitative estimate of drug-likeness (QED) is 0.470. The predicted octanol–water partition coefficient (Wildman–Crippen LogP) is -0.289. The third-order valence-corrected chi connectivity index (χ3v) is 2.87. The highest BCUT2D eigenvalue weighted by atomic mass is 16.5. The van der Waals surface area contributed by atoms with E-state index in [2.05, 4.69) is 20.4 Å². The summed E-state index contributed by atoms with van der Waals surface area (Å²) in [5.74, 6) is 6.81. The Morgan fingerprint density at radius 3 is 2.33 bits per heavy atom. The number of hydrogen-bond donors (Lipinski definition) is 2. The van der Waals surface area contributed by atoms with Crippen molar-refractivity contribution in [2.45, 2.75) is 13.0 Å². The maximum Gasteiger partial charge on any atom is 0.243 e. The van der Waals surface area contributed by atoms with Crippen molar-refractivity contribution in [1.29, 1.82) is 0 Å². The van der Waals surface area contributed by atoms with Gasteiger partial charge in [-0.3, -0.25) is 5.43 Å². The first-order valence-corrected chi connectivity index (χ1v) is 6.68. The molecule has 1 unspecified atom stereocenters. The Kier molecular flexibility index (Phi) is 7.06. The van der Waals surface area contributed by atoms with E-state index in [-0.39, 0.29) is 6.04 Å². The lowest BCUT2D eigenvalue weighted by Crippen LogP contribution is -2.40. The minimum absolute atomic E-state index is 0.0909. The smallest absolute Gasteiger partial charge is 0.243 e. The van der Waals surface area contributed by atoms with Gasteiger partial charge in [-0.15, -0.1) is 0 Å². The van der Waals surface area contributed by atoms with Crippen LogP contribution in [0.3, 0.4) is 0 Å². The Morgan fingerprint density at radius 1 is 1.14 bits per heavy atom. The summed E-state index contributed by atoms with van der Waals surface area (Å²) in [6, 6.07) is 0.0909. The van der Waals surface area contributed by atoms with Gasteiger partial charge in [0.15, 0.2) is 0 Å². The number of nitrogens with one attached hydrogen (secondary N) is 1. The number of nitrogens with zero attached hydrogens (tertiary/aromatic N) is 5. The van der Waals surface area contributed by atoms with Crippen LogP contribution in [-0.4, -0.2) is 69.1 Å². The molecule has 9 heteroatoms. The fourth-order valence-corrected chi connectivity index (χ4v) is 1.79. The van der Waals surface area contributed by atoms with E-state index in [1.54, 1.807) is 19.1 Å². The van der Waals surface area contributed by atoms with Gasteiger partial charge in [0.25, 0.3) is 0 Å². The molecular weight excluding hydrogens is 274 g/mol. The molecule has 1 aromatic heterocycles. The number of hydrazine groups is 1. The first-order valence-electron chi connectivity index (χ1n) is 6.68. The average molecular weight is 299 g/mol. The second kappa shape index (κ2) is 8.55. The third-order valence-electron chi connectivity index (χ3n) is 2.87. The fourth-order valence-electron chi connectivity index (χ4n) is 1.79. The SMILES string of the molecule is COCCN(c1nc(NN)nc(N(C)C)n1)C(C)COC. The Labute approximate surface area is 125 Å². The zero-order chi connectivity index (χ0) is 15.8. The molecule has 120 valence electrons. The van der Waals surface area contributed by atoms with Gasteiger partial charge in [-0.25, -0.2) is 5.84 Å². The molecule has 0 spiro atoms. The van der Waals surface area contributed by atoms with Gasteiger partial charge in [0.1, 0.15) is 0 Å². The maximum absolute atomic E-state index is 5.43. The van der Waals surface area contributed by atoms with Crippen molar-refractivity contribution in [2.75, 3.05) is 63.3 Å². The van der Waals surface area contributed by atoms with E-state index in [1.807, 2.05) is 25.9 Å². The molecule has 0 aliphatic heterocycles. The molecular formula is C12H25N7O2. The normalized spacial score (nSPS) is 12.1. The largest absolute Gasteiger partial charge is 0.383 e. The van der Waals surface area contributed by atoms with Crippen molar-refractivity contribution in [3.63, 3.8) is 0 Å². The van der Waals surface area contributed by atoms with Crippen LogP contribution in [-0.2, 0) is 9.47 Å². The molecule has 21 heavy (non-hydrogen) atoms. The molecule has 1 aromatic rings. The van der Waals surface area contributed by atoms with E-state index < -0.39 is 0 Å². The Hall–Kier alpha value is -1.71. The van der Waals surface area contributed by atoms with Gasteiger partial charge in [-0.1, -0.05) is 0 Å². The van der Waals surface area contributed by atoms with Crippen LogP contribution < -0.4 is 21.1 Å². The summed E-state index contributed by atoms with van der Waals surface area (Å²) < 4.78 is 10.4. The third kappa shape index (κ3) is 4.96. The minimum atomic E-state index is 0.0909. The van der Waals surface area contributed by atoms with Gasteiger partial charge in [-0.2, -0.15) is 15.0 Å². The number of hydrogen-bond acceptors (Lipinski definition) is 9. The monoisotopic (exact) mass is 299 g/mol. The lowest BCUT2D eigenvalue weighted by molar-refractivity contribution is 0.170. The Balaban J connectivity index is 3.12. The van der Waals surface area contributed by atoms with Gasteiger partial charge in [0.2, 0.25) is 17.8 Å². The van der Waals surface area contributed by atoms with Gasteiger partial charge < -0.3 is 19.3 Å². The molecule has 9 nitrogen and oxygen atoms in total. The lowest BCUT2D eigenvalue weighted by atomic mass is 10.3. The zero-order valence-electron chi connectivity index (χ0n) is 13.3. The van der Waals surface area contributed by atoms with Crippen molar-refractivity contribution < 1.29 is 9.47 Å². The molecule has 0 aliphatic carbocycles. The van der Waals surface area contributed by atoms with Crippen molar-refractivity contribution in [1.82, 2.24) is 15.0 Å². The molecule has 0 fully saturated rings. The number of anilines is 3. The summed E-state index contributed by atoms with van der Waals surface area (Å²) >= 11 is 0. The molecule has 0 aromatic carbocycles. The Morgan fingerprint density at radius 2 is 1.81 bits per heavy atom.